The minimum absolute atomic E-state index is 0.263. The molecule has 2 saturated heterocycles. The second-order valence-electron chi connectivity index (χ2n) is 10.2. The summed E-state index contributed by atoms with van der Waals surface area (Å²) in [7, 11) is -4.26. The number of allylic oxidation sites excluding steroid dienone is 1. The molecule has 3 aliphatic heterocycles. The minimum atomic E-state index is -4.26. The molecule has 0 bridgehead atoms. The number of hydrogen-bond donors (Lipinski definition) is 3. The van der Waals surface area contributed by atoms with Crippen molar-refractivity contribution in [2.45, 2.75) is 63.6 Å². The highest BCUT2D eigenvalue weighted by atomic mass is 31.2. The van der Waals surface area contributed by atoms with Crippen molar-refractivity contribution in [2.24, 2.45) is 5.73 Å². The number of carboxylic acid groups (broad SMARTS) is 1. The zero-order chi connectivity index (χ0) is 28.7. The highest BCUT2D eigenvalue weighted by Gasteiger charge is 2.57. The topological polar surface area (TPSA) is 159 Å². The Hall–Kier alpha value is -3.25. The molecule has 6 atom stereocenters. The lowest BCUT2D eigenvalue weighted by Crippen LogP contribution is -2.40. The lowest BCUT2D eigenvalue weighted by Gasteiger charge is -2.31. The first-order chi connectivity index (χ1) is 18.9. The van der Waals surface area contributed by atoms with E-state index >= 15 is 0 Å². The maximum atomic E-state index is 14.0. The summed E-state index contributed by atoms with van der Waals surface area (Å²) in [6.45, 7) is 4.59. The Labute approximate surface area is 231 Å². The molecule has 0 radical (unpaired) electrons. The van der Waals surface area contributed by atoms with Gasteiger partial charge in [-0.3, -0.25) is 14.1 Å². The van der Waals surface area contributed by atoms with Gasteiger partial charge in [0.05, 0.1) is 6.61 Å². The Bertz CT molecular complexity index is 1410. The maximum Gasteiger partial charge on any atom is 0.459 e. The molecular formula is C27H32N3O9P. The predicted molar refractivity (Wildman–Crippen MR) is 144 cm³/mol. The number of carbonyl (C=O) groups excluding carboxylic acids is 1. The number of aliphatic carboxylic acids is 1. The van der Waals surface area contributed by atoms with Gasteiger partial charge < -0.3 is 34.5 Å². The molecule has 0 aromatic heterocycles. The quantitative estimate of drug-likeness (QED) is 0.358. The summed E-state index contributed by atoms with van der Waals surface area (Å²) in [6.07, 6.45) is 2.87. The van der Waals surface area contributed by atoms with Crippen LogP contribution in [0.15, 0.2) is 66.5 Å². The molecule has 3 aliphatic rings. The molecule has 2 fully saturated rings. The van der Waals surface area contributed by atoms with Crippen LogP contribution in [0.2, 0.25) is 0 Å². The third-order valence-electron chi connectivity index (χ3n) is 6.75. The van der Waals surface area contributed by atoms with Gasteiger partial charge in [-0.25, -0.2) is 4.57 Å². The van der Waals surface area contributed by atoms with Crippen molar-refractivity contribution >= 4 is 30.4 Å². The molecule has 40 heavy (non-hydrogen) atoms. The molecule has 0 spiro atoms. The third kappa shape index (κ3) is 5.92. The Morgan fingerprint density at radius 2 is 1.93 bits per heavy atom. The van der Waals surface area contributed by atoms with Gasteiger partial charge in [0, 0.05) is 23.4 Å². The number of benzene rings is 2. The van der Waals surface area contributed by atoms with Crippen molar-refractivity contribution in [1.29, 1.82) is 0 Å². The summed E-state index contributed by atoms with van der Waals surface area (Å²) in [4.78, 5) is 25.1. The Balaban J connectivity index is 1.39. The van der Waals surface area contributed by atoms with Crippen LogP contribution < -0.4 is 15.3 Å². The van der Waals surface area contributed by atoms with Crippen LogP contribution in [0.4, 0.5) is 0 Å². The summed E-state index contributed by atoms with van der Waals surface area (Å²) in [5.74, 6) is -2.45. The molecule has 13 heteroatoms. The second-order valence-corrected chi connectivity index (χ2v) is 11.9. The van der Waals surface area contributed by atoms with Crippen molar-refractivity contribution in [3.63, 3.8) is 0 Å². The number of primary amides is 1. The molecule has 12 nitrogen and oxygen atoms in total. The van der Waals surface area contributed by atoms with Gasteiger partial charge >= 0.3 is 13.7 Å². The first-order valence-electron chi connectivity index (χ1n) is 12.8. The number of nitrogens with two attached hydrogens (primary N) is 1. The third-order valence-corrected chi connectivity index (χ3v) is 8.38. The molecule has 4 N–H and O–H groups in total. The molecule has 2 aromatic rings. The largest absolute Gasteiger partial charge is 0.480 e. The number of nitrogens with zero attached hydrogens (tertiary/aromatic N) is 1. The van der Waals surface area contributed by atoms with E-state index in [2.05, 4.69) is 5.09 Å². The van der Waals surface area contributed by atoms with Gasteiger partial charge in [-0.05, 0) is 38.6 Å². The van der Waals surface area contributed by atoms with E-state index in [1.54, 1.807) is 55.4 Å². The molecule has 214 valence electrons. The van der Waals surface area contributed by atoms with Crippen molar-refractivity contribution in [3.05, 3.63) is 66.5 Å². The van der Waals surface area contributed by atoms with E-state index < -0.39 is 56.0 Å². The van der Waals surface area contributed by atoms with Crippen LogP contribution in [-0.2, 0) is 32.9 Å². The van der Waals surface area contributed by atoms with Crippen molar-refractivity contribution < 1.29 is 42.5 Å². The van der Waals surface area contributed by atoms with Gasteiger partial charge in [-0.2, -0.15) is 5.09 Å². The van der Waals surface area contributed by atoms with E-state index in [4.69, 9.17) is 29.0 Å². The zero-order valence-electron chi connectivity index (χ0n) is 22.3. The highest BCUT2D eigenvalue weighted by Crippen LogP contribution is 2.48. The summed E-state index contributed by atoms with van der Waals surface area (Å²) in [5.41, 5.74) is 5.88. The van der Waals surface area contributed by atoms with Crippen molar-refractivity contribution in [3.8, 4) is 5.75 Å². The minimum Gasteiger partial charge on any atom is -0.480 e. The predicted octanol–water partition coefficient (Wildman–Crippen LogP) is 3.24. The fourth-order valence-corrected chi connectivity index (χ4v) is 6.42. The van der Waals surface area contributed by atoms with Crippen LogP contribution in [0.25, 0.3) is 10.8 Å². The molecule has 2 unspecified atom stereocenters. The number of ether oxygens (including phenoxy) is 3. The Morgan fingerprint density at radius 1 is 1.20 bits per heavy atom. The summed E-state index contributed by atoms with van der Waals surface area (Å²) in [6, 6.07) is 11.4. The van der Waals surface area contributed by atoms with Gasteiger partial charge in [-0.15, -0.1) is 0 Å². The van der Waals surface area contributed by atoms with E-state index in [0.717, 1.165) is 5.39 Å². The number of amides is 1. The standard InChI is InChI=1S/C27H32N3O9P/c1-16(26(32)33)29-40(34,39-20-12-6-9-17-8-4-5-11-19(17)20)35-15-21-22-23(38-27(2,3)37-22)25(36-21)30-13-7-10-18(14-30)24(28)31/h4-9,11-14,16,21-23,25H,10,15H2,1-3H3,(H2,28,31)(H,29,34)(H,32,33)/t16-,21?,22+,23+,25+,40?/m0/s1. The number of carboxylic acids is 1. The van der Waals surface area contributed by atoms with Crippen molar-refractivity contribution in [2.75, 3.05) is 6.61 Å². The van der Waals surface area contributed by atoms with Crippen LogP contribution in [0.3, 0.4) is 0 Å². The van der Waals surface area contributed by atoms with E-state index in [9.17, 15) is 19.3 Å². The molecule has 3 heterocycles. The van der Waals surface area contributed by atoms with E-state index in [0.29, 0.717) is 17.4 Å². The van der Waals surface area contributed by atoms with Crippen LogP contribution in [0, 0.1) is 0 Å². The summed E-state index contributed by atoms with van der Waals surface area (Å²) in [5, 5.41) is 13.5. The van der Waals surface area contributed by atoms with E-state index in [-0.39, 0.29) is 12.4 Å². The average molecular weight is 574 g/mol. The van der Waals surface area contributed by atoms with Gasteiger partial charge in [0.25, 0.3) is 0 Å². The number of nitrogens with one attached hydrogen (secondary N) is 1. The number of fused-ring (bicyclic) bond motifs is 2. The fourth-order valence-electron chi connectivity index (χ4n) is 4.89. The SMILES string of the molecule is C[C@H](NP(=O)(OCC1O[C@@H](N2C=CCC(C(N)=O)=C2)[C@@H]2OC(C)(C)O[C@H]12)Oc1cccc2ccccc12)C(=O)O. The van der Waals surface area contributed by atoms with Gasteiger partial charge in [0.15, 0.2) is 12.0 Å². The summed E-state index contributed by atoms with van der Waals surface area (Å²) < 4.78 is 44.2. The highest BCUT2D eigenvalue weighted by molar-refractivity contribution is 7.52. The van der Waals surface area contributed by atoms with Gasteiger partial charge in [-0.1, -0.05) is 42.5 Å². The van der Waals surface area contributed by atoms with Crippen LogP contribution in [-0.4, -0.2) is 64.9 Å². The average Bonchev–Trinajstić information content (AvgIpc) is 3.40. The molecule has 0 aliphatic carbocycles. The monoisotopic (exact) mass is 573 g/mol. The number of hydrogen-bond acceptors (Lipinski definition) is 9. The maximum absolute atomic E-state index is 14.0. The number of rotatable bonds is 10. The molecule has 5 rings (SSSR count). The Kier molecular flexibility index (Phi) is 7.75. The normalized spacial score (nSPS) is 27.6. The second kappa shape index (κ2) is 11.0. The fraction of sp³-hybridized carbons (Fsp3) is 0.407. The van der Waals surface area contributed by atoms with E-state index in [1.165, 1.54) is 6.92 Å². The lowest BCUT2D eigenvalue weighted by atomic mass is 10.1. The zero-order valence-corrected chi connectivity index (χ0v) is 23.2. The number of carbonyl (C=O) groups is 2. The first kappa shape index (κ1) is 28.3. The summed E-state index contributed by atoms with van der Waals surface area (Å²) >= 11 is 0. The van der Waals surface area contributed by atoms with Crippen LogP contribution in [0.5, 0.6) is 5.75 Å². The van der Waals surface area contributed by atoms with Gasteiger partial charge in [0.2, 0.25) is 5.91 Å². The Morgan fingerprint density at radius 3 is 2.67 bits per heavy atom. The van der Waals surface area contributed by atoms with Gasteiger partial charge in [0.1, 0.15) is 30.1 Å². The van der Waals surface area contributed by atoms with E-state index in [1.807, 2.05) is 24.3 Å². The van der Waals surface area contributed by atoms with Crippen LogP contribution in [0.1, 0.15) is 27.2 Å². The first-order valence-corrected chi connectivity index (χ1v) is 14.4. The molecular weight excluding hydrogens is 541 g/mol. The van der Waals surface area contributed by atoms with Crippen LogP contribution >= 0.6 is 7.75 Å². The molecule has 0 saturated carbocycles. The smallest absolute Gasteiger partial charge is 0.459 e. The molecule has 1 amide bonds. The molecule has 2 aromatic carbocycles. The van der Waals surface area contributed by atoms with Crippen molar-refractivity contribution in [1.82, 2.24) is 9.99 Å². The lowest BCUT2D eigenvalue weighted by molar-refractivity contribution is -0.201.